The van der Waals surface area contributed by atoms with E-state index < -0.39 is 0 Å². The maximum absolute atomic E-state index is 11.2. The van der Waals surface area contributed by atoms with Crippen molar-refractivity contribution in [2.75, 3.05) is 0 Å². The first-order chi connectivity index (χ1) is 9.79. The monoisotopic (exact) mass is 286 g/mol. The second-order valence-electron chi connectivity index (χ2n) is 4.23. The fourth-order valence-electron chi connectivity index (χ4n) is 1.97. The Morgan fingerprint density at radius 3 is 2.80 bits per heavy atom. The van der Waals surface area contributed by atoms with Crippen LogP contribution in [0.15, 0.2) is 48.7 Å². The van der Waals surface area contributed by atoms with Crippen LogP contribution >= 0.6 is 11.6 Å². The molecule has 5 heteroatoms. The van der Waals surface area contributed by atoms with Crippen LogP contribution in [0, 0.1) is 0 Å². The third-order valence-electron chi connectivity index (χ3n) is 2.97. The van der Waals surface area contributed by atoms with E-state index in [0.29, 0.717) is 22.2 Å². The number of fused-ring (bicyclic) bond motifs is 1. The number of ether oxygens (including phenoxy) is 1. The van der Waals surface area contributed by atoms with E-state index in [-0.39, 0.29) is 6.61 Å². The molecule has 0 aliphatic rings. The van der Waals surface area contributed by atoms with Crippen molar-refractivity contribution < 1.29 is 9.53 Å². The molecule has 0 radical (unpaired) electrons. The predicted molar refractivity (Wildman–Crippen MR) is 76.4 cm³/mol. The first-order valence-corrected chi connectivity index (χ1v) is 6.46. The quantitative estimate of drug-likeness (QED) is 0.691. The van der Waals surface area contributed by atoms with Crippen molar-refractivity contribution in [1.29, 1.82) is 0 Å². The highest BCUT2D eigenvalue weighted by molar-refractivity contribution is 6.31. The molecule has 0 unspecified atom stereocenters. The van der Waals surface area contributed by atoms with Gasteiger partial charge in [-0.25, -0.2) is 0 Å². The van der Waals surface area contributed by atoms with E-state index in [1.807, 2.05) is 36.4 Å². The number of benzene rings is 1. The average Bonchev–Trinajstić information content (AvgIpc) is 2.84. The van der Waals surface area contributed by atoms with Gasteiger partial charge in [-0.3, -0.25) is 9.20 Å². The van der Waals surface area contributed by atoms with Gasteiger partial charge < -0.3 is 4.74 Å². The van der Waals surface area contributed by atoms with Crippen LogP contribution in [0.5, 0.6) is 5.88 Å². The summed E-state index contributed by atoms with van der Waals surface area (Å²) in [6.45, 7) is 0.268. The number of rotatable bonds is 4. The van der Waals surface area contributed by atoms with Gasteiger partial charge in [0.05, 0.1) is 0 Å². The third-order valence-corrected chi connectivity index (χ3v) is 3.34. The average molecular weight is 287 g/mol. The van der Waals surface area contributed by atoms with E-state index in [9.17, 15) is 4.79 Å². The number of pyridine rings is 1. The molecule has 2 heterocycles. The molecule has 2 aromatic heterocycles. The summed E-state index contributed by atoms with van der Waals surface area (Å²) in [5.74, 6) is 0.311. The van der Waals surface area contributed by atoms with Gasteiger partial charge in [-0.1, -0.05) is 35.9 Å². The number of hydrogen-bond acceptors (Lipinski definition) is 3. The summed E-state index contributed by atoms with van der Waals surface area (Å²) in [5.41, 5.74) is 1.92. The molecule has 0 aliphatic heterocycles. The molecule has 4 nitrogen and oxygen atoms in total. The zero-order chi connectivity index (χ0) is 13.9. The zero-order valence-corrected chi connectivity index (χ0v) is 11.2. The summed E-state index contributed by atoms with van der Waals surface area (Å²) in [6.07, 6.45) is 2.51. The molecule has 100 valence electrons. The molecule has 3 rings (SSSR count). The van der Waals surface area contributed by atoms with Gasteiger partial charge in [0, 0.05) is 16.8 Å². The minimum Gasteiger partial charge on any atom is -0.471 e. The second-order valence-corrected chi connectivity index (χ2v) is 4.64. The van der Waals surface area contributed by atoms with Crippen LogP contribution < -0.4 is 4.74 Å². The van der Waals surface area contributed by atoms with Crippen molar-refractivity contribution in [2.45, 2.75) is 6.61 Å². The normalized spacial score (nSPS) is 10.7. The molecule has 0 amide bonds. The number of imidazole rings is 1. The summed E-state index contributed by atoms with van der Waals surface area (Å²) in [5, 5.41) is 0.629. The molecular weight excluding hydrogens is 276 g/mol. The summed E-state index contributed by atoms with van der Waals surface area (Å²) < 4.78 is 7.32. The van der Waals surface area contributed by atoms with Gasteiger partial charge in [0.1, 0.15) is 17.9 Å². The van der Waals surface area contributed by atoms with Crippen LogP contribution in [-0.4, -0.2) is 15.7 Å². The van der Waals surface area contributed by atoms with Crippen molar-refractivity contribution in [3.63, 3.8) is 0 Å². The lowest BCUT2D eigenvalue weighted by Crippen LogP contribution is -1.99. The van der Waals surface area contributed by atoms with E-state index in [0.717, 1.165) is 11.8 Å². The predicted octanol–water partition coefficient (Wildman–Crippen LogP) is 3.38. The number of carbonyl (C=O) groups excluding carboxylic acids is 1. The summed E-state index contributed by atoms with van der Waals surface area (Å²) >= 11 is 6.07. The molecule has 0 aliphatic carbocycles. The smallest absolute Gasteiger partial charge is 0.244 e. The lowest BCUT2D eigenvalue weighted by molar-refractivity contribution is 0.111. The number of aromatic nitrogens is 2. The Labute approximate surface area is 120 Å². The van der Waals surface area contributed by atoms with E-state index in [4.69, 9.17) is 16.3 Å². The fourth-order valence-corrected chi connectivity index (χ4v) is 2.16. The van der Waals surface area contributed by atoms with Crippen molar-refractivity contribution in [3.8, 4) is 5.88 Å². The topological polar surface area (TPSA) is 43.6 Å². The molecule has 0 fully saturated rings. The maximum Gasteiger partial charge on any atom is 0.244 e. The number of carbonyl (C=O) groups is 1. The van der Waals surface area contributed by atoms with Gasteiger partial charge in [-0.05, 0) is 18.2 Å². The number of halogens is 1. The Balaban J connectivity index is 1.91. The third kappa shape index (κ3) is 2.26. The van der Waals surface area contributed by atoms with E-state index in [2.05, 4.69) is 4.98 Å². The Bertz CT molecular complexity index is 767. The molecule has 0 spiro atoms. The van der Waals surface area contributed by atoms with E-state index in [1.165, 1.54) is 0 Å². The second kappa shape index (κ2) is 5.35. The Hall–Kier alpha value is -2.33. The van der Waals surface area contributed by atoms with Gasteiger partial charge in [-0.2, -0.15) is 4.98 Å². The maximum atomic E-state index is 11.2. The lowest BCUT2D eigenvalue weighted by Gasteiger charge is -2.05. The van der Waals surface area contributed by atoms with Gasteiger partial charge in [0.25, 0.3) is 0 Å². The highest BCUT2D eigenvalue weighted by Crippen LogP contribution is 2.21. The first kappa shape index (κ1) is 12.7. The molecule has 3 aromatic rings. The molecule has 20 heavy (non-hydrogen) atoms. The SMILES string of the molecule is O=Cc1c(OCc2ccccc2Cl)nc2ccccn12. The van der Waals surface area contributed by atoms with Gasteiger partial charge in [0.2, 0.25) is 5.88 Å². The fraction of sp³-hybridized carbons (Fsp3) is 0.0667. The number of hydrogen-bond donors (Lipinski definition) is 0. The van der Waals surface area contributed by atoms with Crippen molar-refractivity contribution in [3.05, 3.63) is 64.9 Å². The molecule has 0 N–H and O–H groups in total. The highest BCUT2D eigenvalue weighted by Gasteiger charge is 2.12. The minimum absolute atomic E-state index is 0.268. The molecule has 0 saturated heterocycles. The van der Waals surface area contributed by atoms with Crippen molar-refractivity contribution in [2.24, 2.45) is 0 Å². The minimum atomic E-state index is 0.268. The zero-order valence-electron chi connectivity index (χ0n) is 10.5. The largest absolute Gasteiger partial charge is 0.471 e. The van der Waals surface area contributed by atoms with Crippen LogP contribution in [-0.2, 0) is 6.61 Å². The Morgan fingerprint density at radius 1 is 1.20 bits per heavy atom. The van der Waals surface area contributed by atoms with E-state index in [1.54, 1.807) is 16.7 Å². The number of aldehydes is 1. The van der Waals surface area contributed by atoms with Crippen LogP contribution in [0.1, 0.15) is 16.1 Å². The van der Waals surface area contributed by atoms with E-state index >= 15 is 0 Å². The first-order valence-electron chi connectivity index (χ1n) is 6.08. The lowest BCUT2D eigenvalue weighted by atomic mass is 10.2. The highest BCUT2D eigenvalue weighted by atomic mass is 35.5. The molecule has 0 saturated carbocycles. The van der Waals surface area contributed by atoms with Crippen LogP contribution in [0.25, 0.3) is 5.65 Å². The standard InChI is InChI=1S/C15H11ClN2O2/c16-12-6-2-1-5-11(12)10-20-15-13(9-19)18-8-4-3-7-14(18)17-15/h1-9H,10H2. The van der Waals surface area contributed by atoms with Crippen LogP contribution in [0.3, 0.4) is 0 Å². The van der Waals surface area contributed by atoms with Gasteiger partial charge in [0.15, 0.2) is 6.29 Å². The Morgan fingerprint density at radius 2 is 2.00 bits per heavy atom. The molecule has 0 atom stereocenters. The van der Waals surface area contributed by atoms with Crippen molar-refractivity contribution in [1.82, 2.24) is 9.38 Å². The van der Waals surface area contributed by atoms with Gasteiger partial charge in [-0.15, -0.1) is 0 Å². The van der Waals surface area contributed by atoms with Crippen LogP contribution in [0.2, 0.25) is 5.02 Å². The molecule has 1 aromatic carbocycles. The van der Waals surface area contributed by atoms with Crippen molar-refractivity contribution >= 4 is 23.5 Å². The summed E-state index contributed by atoms with van der Waals surface area (Å²) in [4.78, 5) is 15.5. The summed E-state index contributed by atoms with van der Waals surface area (Å²) in [6, 6.07) is 12.9. The van der Waals surface area contributed by atoms with Crippen LogP contribution in [0.4, 0.5) is 0 Å². The van der Waals surface area contributed by atoms with Gasteiger partial charge >= 0.3 is 0 Å². The molecule has 0 bridgehead atoms. The molecular formula is C15H11ClN2O2. The Kier molecular flexibility index (Phi) is 3.39. The summed E-state index contributed by atoms with van der Waals surface area (Å²) in [7, 11) is 0. The number of nitrogens with zero attached hydrogens (tertiary/aromatic N) is 2.